The Balaban J connectivity index is 1.62. The van der Waals surface area contributed by atoms with E-state index in [0.717, 1.165) is 16.5 Å². The number of anilines is 1. The number of halogens is 1. The summed E-state index contributed by atoms with van der Waals surface area (Å²) in [5, 5.41) is 13.9. The SMILES string of the molecule is O=C(Nc1cccc2c(C3CC3)cccc12)c1ccc(F)c(OCCO)c1. The van der Waals surface area contributed by atoms with E-state index in [2.05, 4.69) is 17.4 Å². The summed E-state index contributed by atoms with van der Waals surface area (Å²) in [5.41, 5.74) is 2.34. The van der Waals surface area contributed by atoms with Crippen molar-refractivity contribution in [1.82, 2.24) is 0 Å². The summed E-state index contributed by atoms with van der Waals surface area (Å²) in [5.74, 6) is -0.346. The fourth-order valence-corrected chi connectivity index (χ4v) is 3.30. The monoisotopic (exact) mass is 365 g/mol. The Bertz CT molecular complexity index is 998. The lowest BCUT2D eigenvalue weighted by Gasteiger charge is -2.12. The van der Waals surface area contributed by atoms with E-state index in [4.69, 9.17) is 9.84 Å². The van der Waals surface area contributed by atoms with Crippen LogP contribution in [-0.2, 0) is 0 Å². The lowest BCUT2D eigenvalue weighted by molar-refractivity contribution is 0.102. The molecule has 0 saturated heterocycles. The first-order chi connectivity index (χ1) is 13.2. The van der Waals surface area contributed by atoms with Gasteiger partial charge in [0.1, 0.15) is 6.61 Å². The topological polar surface area (TPSA) is 58.6 Å². The second-order valence-electron chi connectivity index (χ2n) is 6.69. The number of carbonyl (C=O) groups excluding carboxylic acids is 1. The molecule has 0 bridgehead atoms. The summed E-state index contributed by atoms with van der Waals surface area (Å²) in [6.45, 7) is -0.259. The van der Waals surface area contributed by atoms with Crippen molar-refractivity contribution in [3.05, 3.63) is 71.5 Å². The van der Waals surface area contributed by atoms with E-state index in [-0.39, 0.29) is 24.9 Å². The number of nitrogens with one attached hydrogen (secondary N) is 1. The number of aliphatic hydroxyl groups excluding tert-OH is 1. The van der Waals surface area contributed by atoms with Crippen LogP contribution in [0, 0.1) is 5.82 Å². The lowest BCUT2D eigenvalue weighted by Crippen LogP contribution is -2.13. The van der Waals surface area contributed by atoms with Crippen LogP contribution in [0.3, 0.4) is 0 Å². The number of benzene rings is 3. The van der Waals surface area contributed by atoms with Crippen molar-refractivity contribution < 1.29 is 19.0 Å². The van der Waals surface area contributed by atoms with Gasteiger partial charge in [-0.3, -0.25) is 4.79 Å². The molecule has 3 aromatic rings. The Morgan fingerprint density at radius 3 is 2.67 bits per heavy atom. The summed E-state index contributed by atoms with van der Waals surface area (Å²) < 4.78 is 18.9. The zero-order valence-corrected chi connectivity index (χ0v) is 14.7. The molecular formula is C22H20FNO3. The highest BCUT2D eigenvalue weighted by molar-refractivity contribution is 6.09. The van der Waals surface area contributed by atoms with Crippen molar-refractivity contribution in [3.8, 4) is 5.75 Å². The Labute approximate surface area is 156 Å². The number of rotatable bonds is 6. The minimum Gasteiger partial charge on any atom is -0.488 e. The zero-order valence-electron chi connectivity index (χ0n) is 14.7. The lowest BCUT2D eigenvalue weighted by atomic mass is 10.00. The fraction of sp³-hybridized carbons (Fsp3) is 0.227. The van der Waals surface area contributed by atoms with Crippen LogP contribution < -0.4 is 10.1 Å². The second kappa shape index (κ2) is 7.37. The molecule has 1 amide bonds. The normalized spacial score (nSPS) is 13.6. The number of aliphatic hydroxyl groups is 1. The van der Waals surface area contributed by atoms with Gasteiger partial charge in [0.25, 0.3) is 5.91 Å². The molecule has 27 heavy (non-hydrogen) atoms. The predicted molar refractivity (Wildman–Crippen MR) is 103 cm³/mol. The van der Waals surface area contributed by atoms with E-state index in [1.807, 2.05) is 24.3 Å². The molecule has 0 atom stereocenters. The Morgan fingerprint density at radius 2 is 1.89 bits per heavy atom. The highest BCUT2D eigenvalue weighted by Gasteiger charge is 2.25. The zero-order chi connectivity index (χ0) is 18.8. The first-order valence-electron chi connectivity index (χ1n) is 9.03. The van der Waals surface area contributed by atoms with E-state index < -0.39 is 5.82 Å². The van der Waals surface area contributed by atoms with Gasteiger partial charge in [-0.1, -0.05) is 30.3 Å². The quantitative estimate of drug-likeness (QED) is 0.677. The number of carbonyl (C=O) groups is 1. The minimum absolute atomic E-state index is 0.0325. The molecule has 0 aliphatic heterocycles. The van der Waals surface area contributed by atoms with Gasteiger partial charge in [0.15, 0.2) is 11.6 Å². The molecule has 2 N–H and O–H groups in total. The molecule has 3 aromatic carbocycles. The van der Waals surface area contributed by atoms with Crippen LogP contribution in [0.1, 0.15) is 34.7 Å². The molecule has 1 fully saturated rings. The third-order valence-electron chi connectivity index (χ3n) is 4.76. The van der Waals surface area contributed by atoms with Crippen molar-refractivity contribution >= 4 is 22.4 Å². The average Bonchev–Trinajstić information content (AvgIpc) is 3.52. The highest BCUT2D eigenvalue weighted by atomic mass is 19.1. The highest BCUT2D eigenvalue weighted by Crippen LogP contribution is 2.43. The summed E-state index contributed by atoms with van der Waals surface area (Å²) >= 11 is 0. The van der Waals surface area contributed by atoms with Crippen LogP contribution in [0.2, 0.25) is 0 Å². The summed E-state index contributed by atoms with van der Waals surface area (Å²) in [6.07, 6.45) is 2.42. The fourth-order valence-electron chi connectivity index (χ4n) is 3.30. The first-order valence-corrected chi connectivity index (χ1v) is 9.03. The van der Waals surface area contributed by atoms with E-state index in [0.29, 0.717) is 11.5 Å². The molecule has 4 nitrogen and oxygen atoms in total. The largest absolute Gasteiger partial charge is 0.488 e. The van der Waals surface area contributed by atoms with Crippen LogP contribution in [0.25, 0.3) is 10.8 Å². The molecule has 1 aliphatic rings. The minimum atomic E-state index is -0.570. The van der Waals surface area contributed by atoms with Gasteiger partial charge >= 0.3 is 0 Å². The van der Waals surface area contributed by atoms with Gasteiger partial charge in [-0.15, -0.1) is 0 Å². The maximum absolute atomic E-state index is 13.8. The van der Waals surface area contributed by atoms with E-state index in [1.54, 1.807) is 0 Å². The van der Waals surface area contributed by atoms with E-state index in [9.17, 15) is 9.18 Å². The third-order valence-corrected chi connectivity index (χ3v) is 4.76. The van der Waals surface area contributed by atoms with Crippen LogP contribution in [0.5, 0.6) is 5.75 Å². The van der Waals surface area contributed by atoms with Crippen LogP contribution >= 0.6 is 0 Å². The second-order valence-corrected chi connectivity index (χ2v) is 6.69. The van der Waals surface area contributed by atoms with Gasteiger partial charge < -0.3 is 15.2 Å². The predicted octanol–water partition coefficient (Wildman–Crippen LogP) is 4.48. The van der Waals surface area contributed by atoms with E-state index in [1.165, 1.54) is 36.6 Å². The molecule has 4 rings (SSSR count). The van der Waals surface area contributed by atoms with Crippen LogP contribution in [-0.4, -0.2) is 24.2 Å². The number of amides is 1. The van der Waals surface area contributed by atoms with Gasteiger partial charge in [0.05, 0.1) is 6.61 Å². The molecule has 138 valence electrons. The van der Waals surface area contributed by atoms with Gasteiger partial charge in [0, 0.05) is 16.6 Å². The molecule has 0 radical (unpaired) electrons. The molecule has 5 heteroatoms. The summed E-state index contributed by atoms with van der Waals surface area (Å²) in [4.78, 5) is 12.7. The number of hydrogen-bond acceptors (Lipinski definition) is 3. The van der Waals surface area contributed by atoms with Gasteiger partial charge in [-0.05, 0) is 54.0 Å². The van der Waals surface area contributed by atoms with E-state index >= 15 is 0 Å². The number of hydrogen-bond donors (Lipinski definition) is 2. The molecule has 0 heterocycles. The molecule has 1 saturated carbocycles. The molecular weight excluding hydrogens is 345 g/mol. The maximum Gasteiger partial charge on any atom is 0.255 e. The molecule has 0 aromatic heterocycles. The number of fused-ring (bicyclic) bond motifs is 1. The smallest absolute Gasteiger partial charge is 0.255 e. The van der Waals surface area contributed by atoms with Crippen molar-refractivity contribution in [2.24, 2.45) is 0 Å². The van der Waals surface area contributed by atoms with Crippen molar-refractivity contribution in [1.29, 1.82) is 0 Å². The summed E-state index contributed by atoms with van der Waals surface area (Å²) in [6, 6.07) is 16.0. The van der Waals surface area contributed by atoms with Gasteiger partial charge in [0.2, 0.25) is 0 Å². The maximum atomic E-state index is 13.8. The standard InChI is InChI=1S/C22H20FNO3/c23-19-10-9-15(13-21(19)27-12-11-25)22(26)24-20-6-2-4-17-16(14-7-8-14)3-1-5-18(17)20/h1-6,9-10,13-14,25H,7-8,11-12H2,(H,24,26). The summed E-state index contributed by atoms with van der Waals surface area (Å²) in [7, 11) is 0. The number of ether oxygens (including phenoxy) is 1. The van der Waals surface area contributed by atoms with Crippen LogP contribution in [0.4, 0.5) is 10.1 Å². The van der Waals surface area contributed by atoms with Crippen molar-refractivity contribution in [3.63, 3.8) is 0 Å². The van der Waals surface area contributed by atoms with Gasteiger partial charge in [-0.25, -0.2) is 4.39 Å². The molecule has 0 unspecified atom stereocenters. The third kappa shape index (κ3) is 3.64. The molecule has 0 spiro atoms. The van der Waals surface area contributed by atoms with Gasteiger partial charge in [-0.2, -0.15) is 0 Å². The van der Waals surface area contributed by atoms with Crippen molar-refractivity contribution in [2.75, 3.05) is 18.5 Å². The Kier molecular flexibility index (Phi) is 4.77. The molecule has 1 aliphatic carbocycles. The first kappa shape index (κ1) is 17.5. The average molecular weight is 365 g/mol. The Morgan fingerprint density at radius 1 is 1.11 bits per heavy atom. The van der Waals surface area contributed by atoms with Crippen LogP contribution in [0.15, 0.2) is 54.6 Å². The Hall–Kier alpha value is -2.92. The van der Waals surface area contributed by atoms with Crippen molar-refractivity contribution in [2.45, 2.75) is 18.8 Å².